The number of Topliss-reactive ketones (excluding diaryl/α,β-unsaturated/α-hetero) is 1. The molecular weight excluding hydrogens is 243 g/mol. The maximum absolute atomic E-state index is 13.3. The first-order valence-electron chi connectivity index (χ1n) is 6.43. The lowest BCUT2D eigenvalue weighted by Crippen LogP contribution is -2.29. The van der Waals surface area contributed by atoms with Crippen molar-refractivity contribution < 1.29 is 9.18 Å². The zero-order valence-corrected chi connectivity index (χ0v) is 11.7. The standard InChI is InChI=1S/C15H19FN2O/c1-9(2)17-8-14(19)15-10(3)18(4)13-7-11(16)5-6-12(13)15/h5-7,9,17H,8H2,1-4H3. The first kappa shape index (κ1) is 13.7. The van der Waals surface area contributed by atoms with Gasteiger partial charge in [-0.15, -0.1) is 0 Å². The monoisotopic (exact) mass is 262 g/mol. The third kappa shape index (κ3) is 2.54. The highest BCUT2D eigenvalue weighted by molar-refractivity contribution is 6.10. The van der Waals surface area contributed by atoms with Crippen molar-refractivity contribution in [2.75, 3.05) is 6.54 Å². The third-order valence-corrected chi connectivity index (χ3v) is 3.41. The van der Waals surface area contributed by atoms with Gasteiger partial charge >= 0.3 is 0 Å². The molecule has 1 N–H and O–H groups in total. The molecule has 0 unspecified atom stereocenters. The van der Waals surface area contributed by atoms with Crippen molar-refractivity contribution in [2.24, 2.45) is 7.05 Å². The third-order valence-electron chi connectivity index (χ3n) is 3.41. The molecule has 0 atom stereocenters. The van der Waals surface area contributed by atoms with E-state index in [0.717, 1.165) is 16.6 Å². The summed E-state index contributed by atoms with van der Waals surface area (Å²) < 4.78 is 15.2. The number of fused-ring (bicyclic) bond motifs is 1. The van der Waals surface area contributed by atoms with Crippen LogP contribution in [0.15, 0.2) is 18.2 Å². The average Bonchev–Trinajstić information content (AvgIpc) is 2.60. The van der Waals surface area contributed by atoms with Crippen LogP contribution in [-0.2, 0) is 7.05 Å². The molecule has 0 saturated carbocycles. The molecule has 0 aliphatic rings. The fraction of sp³-hybridized carbons (Fsp3) is 0.400. The molecule has 3 nitrogen and oxygen atoms in total. The Morgan fingerprint density at radius 2 is 2.11 bits per heavy atom. The summed E-state index contributed by atoms with van der Waals surface area (Å²) >= 11 is 0. The van der Waals surface area contributed by atoms with E-state index >= 15 is 0 Å². The quantitative estimate of drug-likeness (QED) is 0.860. The number of hydrogen-bond donors (Lipinski definition) is 1. The SMILES string of the molecule is Cc1c(C(=O)CNC(C)C)c2ccc(F)cc2n1C. The van der Waals surface area contributed by atoms with Crippen LogP contribution in [0.2, 0.25) is 0 Å². The predicted molar refractivity (Wildman–Crippen MR) is 75.1 cm³/mol. The Bertz CT molecular complexity index is 629. The van der Waals surface area contributed by atoms with Gasteiger partial charge in [-0.1, -0.05) is 13.8 Å². The smallest absolute Gasteiger partial charge is 0.179 e. The van der Waals surface area contributed by atoms with Gasteiger partial charge in [0.2, 0.25) is 0 Å². The van der Waals surface area contributed by atoms with Crippen LogP contribution in [0.1, 0.15) is 29.9 Å². The Morgan fingerprint density at radius 1 is 1.42 bits per heavy atom. The Balaban J connectivity index is 2.48. The van der Waals surface area contributed by atoms with Gasteiger partial charge in [-0.05, 0) is 25.1 Å². The van der Waals surface area contributed by atoms with Gasteiger partial charge in [0.15, 0.2) is 5.78 Å². The van der Waals surface area contributed by atoms with Crippen molar-refractivity contribution in [3.05, 3.63) is 35.3 Å². The number of rotatable bonds is 4. The molecule has 2 aromatic rings. The number of aryl methyl sites for hydroxylation is 1. The maximum Gasteiger partial charge on any atom is 0.179 e. The molecule has 0 fully saturated rings. The summed E-state index contributed by atoms with van der Waals surface area (Å²) in [5, 5.41) is 3.94. The van der Waals surface area contributed by atoms with Gasteiger partial charge in [0.1, 0.15) is 5.82 Å². The van der Waals surface area contributed by atoms with Crippen molar-refractivity contribution in [3.63, 3.8) is 0 Å². The summed E-state index contributed by atoms with van der Waals surface area (Å²) in [5.41, 5.74) is 2.31. The molecule has 102 valence electrons. The molecule has 1 heterocycles. The molecule has 19 heavy (non-hydrogen) atoms. The lowest BCUT2D eigenvalue weighted by atomic mass is 10.1. The normalized spacial score (nSPS) is 11.5. The highest BCUT2D eigenvalue weighted by atomic mass is 19.1. The molecule has 0 spiro atoms. The molecule has 1 aromatic carbocycles. The predicted octanol–water partition coefficient (Wildman–Crippen LogP) is 2.81. The minimum absolute atomic E-state index is 0.0448. The molecule has 0 aliphatic heterocycles. The van der Waals surface area contributed by atoms with Crippen molar-refractivity contribution in [2.45, 2.75) is 26.8 Å². The van der Waals surface area contributed by atoms with E-state index in [0.29, 0.717) is 12.1 Å². The Labute approximate surface area is 112 Å². The fourth-order valence-electron chi connectivity index (χ4n) is 2.27. The van der Waals surface area contributed by atoms with Crippen molar-refractivity contribution in [1.82, 2.24) is 9.88 Å². The molecule has 0 radical (unpaired) electrons. The minimum atomic E-state index is -0.285. The summed E-state index contributed by atoms with van der Waals surface area (Å²) in [6, 6.07) is 4.81. The second kappa shape index (κ2) is 5.13. The van der Waals surface area contributed by atoms with Gasteiger partial charge in [0.25, 0.3) is 0 Å². The maximum atomic E-state index is 13.3. The van der Waals surface area contributed by atoms with Gasteiger partial charge < -0.3 is 9.88 Å². The molecule has 1 aromatic heterocycles. The summed E-state index contributed by atoms with van der Waals surface area (Å²) in [6.45, 7) is 6.19. The number of benzene rings is 1. The molecule has 4 heteroatoms. The lowest BCUT2D eigenvalue weighted by molar-refractivity contribution is 0.0989. The first-order chi connectivity index (χ1) is 8.91. The van der Waals surface area contributed by atoms with E-state index in [1.165, 1.54) is 12.1 Å². The van der Waals surface area contributed by atoms with Crippen LogP contribution in [0, 0.1) is 12.7 Å². The highest BCUT2D eigenvalue weighted by Crippen LogP contribution is 2.25. The first-order valence-corrected chi connectivity index (χ1v) is 6.43. The Morgan fingerprint density at radius 3 is 2.74 bits per heavy atom. The van der Waals surface area contributed by atoms with Gasteiger partial charge in [-0.25, -0.2) is 4.39 Å². The Hall–Kier alpha value is -1.68. The van der Waals surface area contributed by atoms with E-state index in [9.17, 15) is 9.18 Å². The summed E-state index contributed by atoms with van der Waals surface area (Å²) in [4.78, 5) is 12.3. The van der Waals surface area contributed by atoms with Crippen molar-refractivity contribution in [3.8, 4) is 0 Å². The van der Waals surface area contributed by atoms with Crippen LogP contribution in [0.3, 0.4) is 0 Å². The molecule has 0 aliphatic carbocycles. The van der Waals surface area contributed by atoms with E-state index in [4.69, 9.17) is 0 Å². The van der Waals surface area contributed by atoms with Crippen LogP contribution in [-0.4, -0.2) is 22.9 Å². The van der Waals surface area contributed by atoms with Crippen molar-refractivity contribution >= 4 is 16.7 Å². The van der Waals surface area contributed by atoms with Crippen LogP contribution in [0.4, 0.5) is 4.39 Å². The van der Waals surface area contributed by atoms with Gasteiger partial charge in [-0.3, -0.25) is 4.79 Å². The number of carbonyl (C=O) groups excluding carboxylic acids is 1. The second-order valence-corrected chi connectivity index (χ2v) is 5.14. The number of aromatic nitrogens is 1. The van der Waals surface area contributed by atoms with Crippen LogP contribution < -0.4 is 5.32 Å². The largest absolute Gasteiger partial charge is 0.347 e. The van der Waals surface area contributed by atoms with Gasteiger partial charge in [0.05, 0.1) is 12.1 Å². The topological polar surface area (TPSA) is 34.0 Å². The molecule has 0 saturated heterocycles. The van der Waals surface area contributed by atoms with Crippen LogP contribution >= 0.6 is 0 Å². The van der Waals surface area contributed by atoms with E-state index in [1.54, 1.807) is 6.07 Å². The fourth-order valence-corrected chi connectivity index (χ4v) is 2.27. The zero-order valence-electron chi connectivity index (χ0n) is 11.7. The summed E-state index contributed by atoms with van der Waals surface area (Å²) in [7, 11) is 1.85. The van der Waals surface area contributed by atoms with Gasteiger partial charge in [-0.2, -0.15) is 0 Å². The summed E-state index contributed by atoms with van der Waals surface area (Å²) in [6.07, 6.45) is 0. The molecular formula is C15H19FN2O. The number of carbonyl (C=O) groups is 1. The molecule has 0 amide bonds. The summed E-state index contributed by atoms with van der Waals surface area (Å²) in [5.74, 6) is -0.240. The number of ketones is 1. The van der Waals surface area contributed by atoms with Crippen LogP contribution in [0.5, 0.6) is 0 Å². The minimum Gasteiger partial charge on any atom is -0.347 e. The molecule has 2 rings (SSSR count). The van der Waals surface area contributed by atoms with E-state index < -0.39 is 0 Å². The number of hydrogen-bond acceptors (Lipinski definition) is 2. The zero-order chi connectivity index (χ0) is 14.2. The molecule has 0 bridgehead atoms. The van der Waals surface area contributed by atoms with Crippen LogP contribution in [0.25, 0.3) is 10.9 Å². The number of nitrogens with one attached hydrogen (secondary N) is 1. The van der Waals surface area contributed by atoms with Crippen molar-refractivity contribution in [1.29, 1.82) is 0 Å². The Kier molecular flexibility index (Phi) is 3.71. The van der Waals surface area contributed by atoms with E-state index in [-0.39, 0.29) is 17.6 Å². The van der Waals surface area contributed by atoms with E-state index in [2.05, 4.69) is 5.32 Å². The highest BCUT2D eigenvalue weighted by Gasteiger charge is 2.18. The second-order valence-electron chi connectivity index (χ2n) is 5.14. The number of nitrogens with zero attached hydrogens (tertiary/aromatic N) is 1. The lowest BCUT2D eigenvalue weighted by Gasteiger charge is -2.07. The van der Waals surface area contributed by atoms with Gasteiger partial charge in [0, 0.05) is 29.7 Å². The number of halogens is 1. The van der Waals surface area contributed by atoms with E-state index in [1.807, 2.05) is 32.4 Å². The average molecular weight is 262 g/mol.